The number of benzene rings is 1. The van der Waals surface area contributed by atoms with Gasteiger partial charge in [-0.15, -0.1) is 0 Å². The van der Waals surface area contributed by atoms with Crippen LogP contribution in [0.2, 0.25) is 0 Å². The number of nitrogens with one attached hydrogen (secondary N) is 1. The van der Waals surface area contributed by atoms with Gasteiger partial charge in [-0.05, 0) is 18.1 Å². The van der Waals surface area contributed by atoms with Crippen molar-refractivity contribution in [1.29, 1.82) is 0 Å². The lowest BCUT2D eigenvalue weighted by molar-refractivity contribution is 0.808. The molecule has 1 aromatic carbocycles. The van der Waals surface area contributed by atoms with E-state index in [1.165, 1.54) is 5.56 Å². The fraction of sp³-hybridized carbons (Fsp3) is 0.167. The number of hydrogen-bond donors (Lipinski definition) is 1. The summed E-state index contributed by atoms with van der Waals surface area (Å²) in [5.74, 6) is 0. The van der Waals surface area contributed by atoms with E-state index in [9.17, 15) is 0 Å². The largest absolute Gasteiger partial charge is 0.385 e. The molecule has 0 aromatic heterocycles. The maximum absolute atomic E-state index is 3.78. The van der Waals surface area contributed by atoms with Crippen LogP contribution in [0.4, 0.5) is 0 Å². The van der Waals surface area contributed by atoms with Gasteiger partial charge in [-0.25, -0.2) is 0 Å². The lowest BCUT2D eigenvalue weighted by Crippen LogP contribution is -2.14. The molecule has 0 amide bonds. The minimum Gasteiger partial charge on any atom is -0.385 e. The first-order valence-corrected chi connectivity index (χ1v) is 4.42. The predicted molar refractivity (Wildman–Crippen MR) is 57.5 cm³/mol. The van der Waals surface area contributed by atoms with Crippen LogP contribution in [0.3, 0.4) is 0 Å². The van der Waals surface area contributed by atoms with Gasteiger partial charge in [0.2, 0.25) is 0 Å². The highest BCUT2D eigenvalue weighted by molar-refractivity contribution is 5.15. The van der Waals surface area contributed by atoms with Crippen molar-refractivity contribution in [3.8, 4) is 0 Å². The lowest BCUT2D eigenvalue weighted by atomic mass is 10.1. The fourth-order valence-corrected chi connectivity index (χ4v) is 1.08. The third kappa shape index (κ3) is 3.61. The second kappa shape index (κ2) is 5.20. The zero-order chi connectivity index (χ0) is 9.52. The summed E-state index contributed by atoms with van der Waals surface area (Å²) in [6, 6.07) is 10.4. The summed E-state index contributed by atoms with van der Waals surface area (Å²) in [5.41, 5.74) is 2.22. The van der Waals surface area contributed by atoms with Crippen LogP contribution in [-0.2, 0) is 6.42 Å². The molecule has 0 spiro atoms. The van der Waals surface area contributed by atoms with E-state index < -0.39 is 0 Å². The van der Waals surface area contributed by atoms with Crippen molar-refractivity contribution < 1.29 is 0 Å². The molecule has 0 bridgehead atoms. The standard InChI is InChI=1S/C12H15N/c1-3-11(2)13-10-9-12-7-5-4-6-8-12/h3-8,13H,1-2,9-10H2. The van der Waals surface area contributed by atoms with Crippen molar-refractivity contribution >= 4 is 0 Å². The molecule has 0 heterocycles. The zero-order valence-corrected chi connectivity index (χ0v) is 7.79. The van der Waals surface area contributed by atoms with Crippen molar-refractivity contribution in [3.63, 3.8) is 0 Å². The SMILES string of the molecule is C=CC(=C)NCCc1ccccc1. The van der Waals surface area contributed by atoms with E-state index in [1.54, 1.807) is 6.08 Å². The molecular formula is C12H15N. The highest BCUT2D eigenvalue weighted by Crippen LogP contribution is 1.98. The van der Waals surface area contributed by atoms with Gasteiger partial charge >= 0.3 is 0 Å². The van der Waals surface area contributed by atoms with Crippen LogP contribution in [0.15, 0.2) is 55.3 Å². The van der Waals surface area contributed by atoms with Gasteiger partial charge in [-0.1, -0.05) is 43.5 Å². The average molecular weight is 173 g/mol. The molecule has 0 aliphatic carbocycles. The third-order valence-electron chi connectivity index (χ3n) is 1.85. The molecule has 0 radical (unpaired) electrons. The minimum atomic E-state index is 0.885. The van der Waals surface area contributed by atoms with Gasteiger partial charge in [0.1, 0.15) is 0 Å². The summed E-state index contributed by atoms with van der Waals surface area (Å²) in [6.07, 6.45) is 2.75. The third-order valence-corrected chi connectivity index (χ3v) is 1.85. The Morgan fingerprint density at radius 3 is 2.62 bits per heavy atom. The summed E-state index contributed by atoms with van der Waals surface area (Å²) < 4.78 is 0. The zero-order valence-electron chi connectivity index (χ0n) is 7.79. The predicted octanol–water partition coefficient (Wildman–Crippen LogP) is 2.52. The Morgan fingerprint density at radius 2 is 2.00 bits per heavy atom. The Hall–Kier alpha value is -1.50. The van der Waals surface area contributed by atoms with Crippen molar-refractivity contribution in [1.82, 2.24) is 5.32 Å². The van der Waals surface area contributed by atoms with E-state index in [-0.39, 0.29) is 0 Å². The van der Waals surface area contributed by atoms with Gasteiger partial charge < -0.3 is 5.32 Å². The van der Waals surface area contributed by atoms with E-state index in [1.807, 2.05) is 6.07 Å². The molecular weight excluding hydrogens is 158 g/mol. The highest BCUT2D eigenvalue weighted by atomic mass is 14.9. The van der Waals surface area contributed by atoms with Gasteiger partial charge in [0.05, 0.1) is 0 Å². The van der Waals surface area contributed by atoms with E-state index in [2.05, 4.69) is 42.7 Å². The summed E-state index contributed by atoms with van der Waals surface area (Å²) in [7, 11) is 0. The monoisotopic (exact) mass is 173 g/mol. The van der Waals surface area contributed by atoms with E-state index >= 15 is 0 Å². The molecule has 0 unspecified atom stereocenters. The molecule has 1 heteroatoms. The first-order valence-electron chi connectivity index (χ1n) is 4.42. The Kier molecular flexibility index (Phi) is 3.83. The Morgan fingerprint density at radius 1 is 1.31 bits per heavy atom. The minimum absolute atomic E-state index is 0.885. The fourth-order valence-electron chi connectivity index (χ4n) is 1.08. The van der Waals surface area contributed by atoms with Crippen molar-refractivity contribution in [2.24, 2.45) is 0 Å². The van der Waals surface area contributed by atoms with E-state index in [4.69, 9.17) is 0 Å². The van der Waals surface area contributed by atoms with Crippen LogP contribution in [0.25, 0.3) is 0 Å². The van der Waals surface area contributed by atoms with Gasteiger partial charge in [-0.3, -0.25) is 0 Å². The van der Waals surface area contributed by atoms with Crippen LogP contribution in [0.5, 0.6) is 0 Å². The molecule has 1 N–H and O–H groups in total. The summed E-state index contributed by atoms with van der Waals surface area (Å²) in [5, 5.41) is 3.17. The maximum Gasteiger partial charge on any atom is 0.0261 e. The normalized spacial score (nSPS) is 9.23. The van der Waals surface area contributed by atoms with Crippen LogP contribution in [-0.4, -0.2) is 6.54 Å². The Labute approximate surface area is 79.8 Å². The van der Waals surface area contributed by atoms with E-state index in [0.29, 0.717) is 0 Å². The lowest BCUT2D eigenvalue weighted by Gasteiger charge is -2.04. The molecule has 0 fully saturated rings. The number of hydrogen-bond acceptors (Lipinski definition) is 1. The van der Waals surface area contributed by atoms with Gasteiger partial charge in [-0.2, -0.15) is 0 Å². The molecule has 0 saturated heterocycles. The molecule has 1 rings (SSSR count). The topological polar surface area (TPSA) is 12.0 Å². The Balaban J connectivity index is 2.28. The van der Waals surface area contributed by atoms with E-state index in [0.717, 1.165) is 18.7 Å². The average Bonchev–Trinajstić information content (AvgIpc) is 2.19. The summed E-state index contributed by atoms with van der Waals surface area (Å²) in [6.45, 7) is 8.31. The molecule has 1 aromatic rings. The van der Waals surface area contributed by atoms with Crippen molar-refractivity contribution in [3.05, 3.63) is 60.8 Å². The first kappa shape index (κ1) is 9.59. The smallest absolute Gasteiger partial charge is 0.0261 e. The van der Waals surface area contributed by atoms with Crippen LogP contribution < -0.4 is 5.32 Å². The molecule has 13 heavy (non-hydrogen) atoms. The van der Waals surface area contributed by atoms with Crippen molar-refractivity contribution in [2.45, 2.75) is 6.42 Å². The Bertz CT molecular complexity index is 274. The van der Waals surface area contributed by atoms with Gasteiger partial charge in [0.25, 0.3) is 0 Å². The summed E-state index contributed by atoms with van der Waals surface area (Å²) >= 11 is 0. The van der Waals surface area contributed by atoms with Gasteiger partial charge in [0.15, 0.2) is 0 Å². The molecule has 0 atom stereocenters. The molecule has 68 valence electrons. The van der Waals surface area contributed by atoms with Gasteiger partial charge in [0, 0.05) is 12.2 Å². The number of rotatable bonds is 5. The molecule has 1 nitrogen and oxygen atoms in total. The van der Waals surface area contributed by atoms with Crippen LogP contribution in [0, 0.1) is 0 Å². The molecule has 0 aliphatic rings. The second-order valence-electron chi connectivity index (χ2n) is 2.89. The highest BCUT2D eigenvalue weighted by Gasteiger charge is 1.90. The molecule has 0 saturated carbocycles. The van der Waals surface area contributed by atoms with Crippen molar-refractivity contribution in [2.75, 3.05) is 6.54 Å². The number of allylic oxidation sites excluding steroid dienone is 1. The molecule has 0 aliphatic heterocycles. The quantitative estimate of drug-likeness (QED) is 0.675. The maximum atomic E-state index is 3.78. The van der Waals surface area contributed by atoms with Crippen LogP contribution >= 0.6 is 0 Å². The first-order chi connectivity index (χ1) is 6.33. The van der Waals surface area contributed by atoms with Crippen LogP contribution in [0.1, 0.15) is 5.56 Å². The summed E-state index contributed by atoms with van der Waals surface area (Å²) in [4.78, 5) is 0. The second-order valence-corrected chi connectivity index (χ2v) is 2.89.